The molecule has 0 unspecified atom stereocenters. The molecule has 1 aromatic rings. The Balaban J connectivity index is 2.20. The van der Waals surface area contributed by atoms with E-state index in [4.69, 9.17) is 16.3 Å². The molecule has 6 heteroatoms. The van der Waals surface area contributed by atoms with E-state index in [1.165, 1.54) is 13.2 Å². The first-order valence-electron chi connectivity index (χ1n) is 7.27. The number of carboxylic acids is 1. The third-order valence-corrected chi connectivity index (χ3v) is 4.62. The van der Waals surface area contributed by atoms with Crippen LogP contribution in [0.1, 0.15) is 43.0 Å². The molecule has 1 amide bonds. The molecule has 120 valence electrons. The number of carbonyl (C=O) groups is 2. The SMILES string of the molecule is COc1cc(C(=O)NC2(C(=O)O)CCC(C)CC2)ccc1Cl. The Kier molecular flexibility index (Phi) is 4.96. The average molecular weight is 326 g/mol. The van der Waals surface area contributed by atoms with Gasteiger partial charge in [-0.15, -0.1) is 0 Å². The number of halogens is 1. The van der Waals surface area contributed by atoms with Gasteiger partial charge < -0.3 is 15.2 Å². The molecule has 0 spiro atoms. The summed E-state index contributed by atoms with van der Waals surface area (Å²) in [5.41, 5.74) is -0.850. The molecule has 2 N–H and O–H groups in total. The lowest BCUT2D eigenvalue weighted by Crippen LogP contribution is -2.56. The second kappa shape index (κ2) is 6.57. The zero-order chi connectivity index (χ0) is 16.3. The van der Waals surface area contributed by atoms with Gasteiger partial charge in [-0.2, -0.15) is 0 Å². The lowest BCUT2D eigenvalue weighted by molar-refractivity contribution is -0.146. The van der Waals surface area contributed by atoms with E-state index in [1.54, 1.807) is 12.1 Å². The van der Waals surface area contributed by atoms with E-state index in [0.717, 1.165) is 12.8 Å². The summed E-state index contributed by atoms with van der Waals surface area (Å²) in [5, 5.41) is 12.7. The van der Waals surface area contributed by atoms with Gasteiger partial charge in [0.05, 0.1) is 12.1 Å². The van der Waals surface area contributed by atoms with E-state index < -0.39 is 17.4 Å². The second-order valence-electron chi connectivity index (χ2n) is 5.87. The molecule has 1 saturated carbocycles. The first-order chi connectivity index (χ1) is 10.4. The minimum Gasteiger partial charge on any atom is -0.495 e. The maximum atomic E-state index is 12.4. The number of methoxy groups -OCH3 is 1. The predicted molar refractivity (Wildman–Crippen MR) is 83.5 cm³/mol. The maximum Gasteiger partial charge on any atom is 0.329 e. The largest absolute Gasteiger partial charge is 0.495 e. The van der Waals surface area contributed by atoms with E-state index in [1.807, 2.05) is 0 Å². The molecule has 22 heavy (non-hydrogen) atoms. The highest BCUT2D eigenvalue weighted by molar-refractivity contribution is 6.32. The fraction of sp³-hybridized carbons (Fsp3) is 0.500. The predicted octanol–water partition coefficient (Wildman–Crippen LogP) is 3.11. The zero-order valence-corrected chi connectivity index (χ0v) is 13.4. The topological polar surface area (TPSA) is 75.6 Å². The maximum absolute atomic E-state index is 12.4. The molecule has 0 bridgehead atoms. The fourth-order valence-electron chi connectivity index (χ4n) is 2.74. The van der Waals surface area contributed by atoms with Crippen molar-refractivity contribution in [2.24, 2.45) is 5.92 Å². The van der Waals surface area contributed by atoms with Gasteiger partial charge in [-0.05, 0) is 49.8 Å². The van der Waals surface area contributed by atoms with Crippen LogP contribution in [0, 0.1) is 5.92 Å². The Morgan fingerprint density at radius 2 is 2.00 bits per heavy atom. The second-order valence-corrected chi connectivity index (χ2v) is 6.28. The highest BCUT2D eigenvalue weighted by Crippen LogP contribution is 2.33. The van der Waals surface area contributed by atoms with Gasteiger partial charge in [0.2, 0.25) is 0 Å². The summed E-state index contributed by atoms with van der Waals surface area (Å²) in [6.45, 7) is 2.09. The van der Waals surface area contributed by atoms with Crippen LogP contribution in [0.4, 0.5) is 0 Å². The molecular weight excluding hydrogens is 306 g/mol. The number of hydrogen-bond donors (Lipinski definition) is 2. The van der Waals surface area contributed by atoms with E-state index in [0.29, 0.717) is 35.1 Å². The lowest BCUT2D eigenvalue weighted by atomic mass is 9.77. The van der Waals surface area contributed by atoms with Gasteiger partial charge in [-0.1, -0.05) is 18.5 Å². The molecule has 0 atom stereocenters. The van der Waals surface area contributed by atoms with Gasteiger partial charge >= 0.3 is 5.97 Å². The van der Waals surface area contributed by atoms with Gasteiger partial charge in [-0.25, -0.2) is 4.79 Å². The monoisotopic (exact) mass is 325 g/mol. The van der Waals surface area contributed by atoms with Crippen molar-refractivity contribution in [2.45, 2.75) is 38.1 Å². The van der Waals surface area contributed by atoms with Crippen molar-refractivity contribution in [1.29, 1.82) is 0 Å². The van der Waals surface area contributed by atoms with Crippen LogP contribution in [-0.4, -0.2) is 29.6 Å². The van der Waals surface area contributed by atoms with Gasteiger partial charge in [0, 0.05) is 5.56 Å². The van der Waals surface area contributed by atoms with Crippen molar-refractivity contribution in [1.82, 2.24) is 5.32 Å². The van der Waals surface area contributed by atoms with E-state index >= 15 is 0 Å². The Morgan fingerprint density at radius 3 is 2.55 bits per heavy atom. The third kappa shape index (κ3) is 3.35. The minimum atomic E-state index is -1.18. The molecular formula is C16H20ClNO4. The summed E-state index contributed by atoms with van der Waals surface area (Å²) >= 11 is 5.94. The van der Waals surface area contributed by atoms with Crippen LogP contribution in [0.3, 0.4) is 0 Å². The number of carbonyl (C=O) groups excluding carboxylic acids is 1. The summed E-state index contributed by atoms with van der Waals surface area (Å²) in [6.07, 6.45) is 2.47. The molecule has 1 aliphatic carbocycles. The van der Waals surface area contributed by atoms with Gasteiger partial charge in [0.15, 0.2) is 0 Å². The number of nitrogens with one attached hydrogen (secondary N) is 1. The summed E-state index contributed by atoms with van der Waals surface area (Å²) in [4.78, 5) is 24.1. The third-order valence-electron chi connectivity index (χ3n) is 4.30. The molecule has 5 nitrogen and oxygen atoms in total. The standard InChI is InChI=1S/C16H20ClNO4/c1-10-5-7-16(8-6-10,15(20)21)18-14(19)11-3-4-12(17)13(9-11)22-2/h3-4,9-10H,5-8H2,1-2H3,(H,18,19)(H,20,21). The minimum absolute atomic E-state index is 0.334. The van der Waals surface area contributed by atoms with Gasteiger partial charge in [-0.3, -0.25) is 4.79 Å². The van der Waals surface area contributed by atoms with Crippen molar-refractivity contribution in [3.05, 3.63) is 28.8 Å². The van der Waals surface area contributed by atoms with Crippen LogP contribution in [0.2, 0.25) is 5.02 Å². The van der Waals surface area contributed by atoms with E-state index in [2.05, 4.69) is 12.2 Å². The normalized spacial score (nSPS) is 24.6. The fourth-order valence-corrected chi connectivity index (χ4v) is 2.93. The molecule has 1 fully saturated rings. The van der Waals surface area contributed by atoms with Crippen molar-refractivity contribution < 1.29 is 19.4 Å². The number of hydrogen-bond acceptors (Lipinski definition) is 3. The van der Waals surface area contributed by atoms with Crippen molar-refractivity contribution >= 4 is 23.5 Å². The molecule has 0 saturated heterocycles. The molecule has 0 aliphatic heterocycles. The summed E-state index contributed by atoms with van der Waals surface area (Å²) in [5.74, 6) is -0.531. The van der Waals surface area contributed by atoms with Gasteiger partial charge in [0.25, 0.3) is 5.91 Å². The highest BCUT2D eigenvalue weighted by atomic mass is 35.5. The van der Waals surface area contributed by atoms with Crippen LogP contribution in [0.15, 0.2) is 18.2 Å². The van der Waals surface area contributed by atoms with Crippen LogP contribution >= 0.6 is 11.6 Å². The molecule has 0 radical (unpaired) electrons. The number of rotatable bonds is 4. The lowest BCUT2D eigenvalue weighted by Gasteiger charge is -2.36. The molecule has 1 aromatic carbocycles. The smallest absolute Gasteiger partial charge is 0.329 e. The van der Waals surface area contributed by atoms with Crippen molar-refractivity contribution in [2.75, 3.05) is 7.11 Å². The van der Waals surface area contributed by atoms with Crippen LogP contribution in [-0.2, 0) is 4.79 Å². The first-order valence-corrected chi connectivity index (χ1v) is 7.65. The Morgan fingerprint density at radius 1 is 1.36 bits per heavy atom. The zero-order valence-electron chi connectivity index (χ0n) is 12.7. The summed E-state index contributed by atoms with van der Waals surface area (Å²) < 4.78 is 5.08. The van der Waals surface area contributed by atoms with Crippen molar-refractivity contribution in [3.8, 4) is 5.75 Å². The van der Waals surface area contributed by atoms with Crippen molar-refractivity contribution in [3.63, 3.8) is 0 Å². The number of amides is 1. The number of ether oxygens (including phenoxy) is 1. The highest BCUT2D eigenvalue weighted by Gasteiger charge is 2.42. The quantitative estimate of drug-likeness (QED) is 0.891. The van der Waals surface area contributed by atoms with Gasteiger partial charge in [0.1, 0.15) is 11.3 Å². The van der Waals surface area contributed by atoms with Crippen LogP contribution < -0.4 is 10.1 Å². The summed E-state index contributed by atoms with van der Waals surface area (Å²) in [7, 11) is 1.46. The van der Waals surface area contributed by atoms with E-state index in [-0.39, 0.29) is 0 Å². The first kappa shape index (κ1) is 16.6. The molecule has 0 aromatic heterocycles. The van der Waals surface area contributed by atoms with Crippen LogP contribution in [0.5, 0.6) is 5.75 Å². The average Bonchev–Trinajstić information content (AvgIpc) is 2.50. The number of aliphatic carboxylic acids is 1. The molecule has 0 heterocycles. The Hall–Kier alpha value is -1.75. The summed E-state index contributed by atoms with van der Waals surface area (Å²) in [6, 6.07) is 4.63. The number of benzene rings is 1. The molecule has 1 aliphatic rings. The number of carboxylic acid groups (broad SMARTS) is 1. The molecule has 2 rings (SSSR count). The van der Waals surface area contributed by atoms with Crippen LogP contribution in [0.25, 0.3) is 0 Å². The Bertz CT molecular complexity index is 580. The van der Waals surface area contributed by atoms with E-state index in [9.17, 15) is 14.7 Å². The Labute approximate surface area is 134 Å².